The number of benzene rings is 2. The average molecular weight is 442 g/mol. The van der Waals surface area contributed by atoms with Gasteiger partial charge in [0, 0.05) is 28.9 Å². The van der Waals surface area contributed by atoms with Crippen LogP contribution in [0.5, 0.6) is 5.75 Å². The van der Waals surface area contributed by atoms with E-state index in [2.05, 4.69) is 0 Å². The van der Waals surface area contributed by atoms with E-state index in [1.165, 1.54) is 23.1 Å². The van der Waals surface area contributed by atoms with Crippen LogP contribution in [-0.4, -0.2) is 33.2 Å². The van der Waals surface area contributed by atoms with Crippen LogP contribution in [0.4, 0.5) is 11.4 Å². The van der Waals surface area contributed by atoms with Crippen LogP contribution in [0, 0.1) is 0 Å². The Morgan fingerprint density at radius 1 is 0.812 bits per heavy atom. The number of rotatable bonds is 6. The summed E-state index contributed by atoms with van der Waals surface area (Å²) in [6.45, 7) is 11.7. The average Bonchev–Trinajstić information content (AvgIpc) is 2.66. The van der Waals surface area contributed by atoms with Crippen LogP contribution in [0.1, 0.15) is 75.9 Å². The predicted octanol–water partition coefficient (Wildman–Crippen LogP) is 5.21. The molecule has 0 aliphatic carbocycles. The number of hydrogen-bond donors (Lipinski definition) is 3. The van der Waals surface area contributed by atoms with Gasteiger partial charge >= 0.3 is 11.9 Å². The third-order valence-electron chi connectivity index (χ3n) is 5.12. The maximum absolute atomic E-state index is 13.2. The Kier molecular flexibility index (Phi) is 7.03. The van der Waals surface area contributed by atoms with Gasteiger partial charge in [0.15, 0.2) is 0 Å². The summed E-state index contributed by atoms with van der Waals surface area (Å²) < 4.78 is 0. The Bertz CT molecular complexity index is 1010. The van der Waals surface area contributed by atoms with Gasteiger partial charge in [-0.25, -0.2) is 4.79 Å². The van der Waals surface area contributed by atoms with Crippen LogP contribution in [0.15, 0.2) is 36.4 Å². The molecular weight excluding hydrogens is 410 g/mol. The maximum Gasteiger partial charge on any atom is 0.335 e. The number of carbonyl (C=O) groups excluding carboxylic acids is 1. The van der Waals surface area contributed by atoms with Crippen molar-refractivity contribution >= 4 is 29.2 Å². The minimum atomic E-state index is -1.14. The predicted molar refractivity (Wildman–Crippen MR) is 123 cm³/mol. The molecule has 0 bridgehead atoms. The van der Waals surface area contributed by atoms with Gasteiger partial charge < -0.3 is 15.3 Å². The highest BCUT2D eigenvalue weighted by Crippen LogP contribution is 2.43. The Morgan fingerprint density at radius 2 is 1.34 bits per heavy atom. The van der Waals surface area contributed by atoms with Crippen molar-refractivity contribution in [3.8, 4) is 5.75 Å². The van der Waals surface area contributed by atoms with E-state index in [0.717, 1.165) is 0 Å². The van der Waals surface area contributed by atoms with Crippen LogP contribution in [0.25, 0.3) is 0 Å². The zero-order chi connectivity index (χ0) is 24.4. The first-order valence-corrected chi connectivity index (χ1v) is 10.4. The number of anilines is 2. The standard InChI is InChI=1S/C25H31NO6/c1-24(2,3)18-13-17(14-19(22(18)30)25(4,5)6)26(20(27)10-11-21(28)29)16-9-7-8-15(12-16)23(31)32/h7-9,12-14,30H,10-11H2,1-6H3,(H,28,29)(H,31,32). The molecule has 32 heavy (non-hydrogen) atoms. The molecule has 0 aliphatic rings. The van der Waals surface area contributed by atoms with Gasteiger partial charge in [0.25, 0.3) is 0 Å². The fourth-order valence-electron chi connectivity index (χ4n) is 3.43. The molecule has 172 valence electrons. The van der Waals surface area contributed by atoms with Crippen molar-refractivity contribution in [3.05, 3.63) is 53.1 Å². The van der Waals surface area contributed by atoms with Gasteiger partial charge in [0.2, 0.25) is 5.91 Å². The molecule has 0 aliphatic heterocycles. The number of phenols is 1. The lowest BCUT2D eigenvalue weighted by molar-refractivity contribution is -0.138. The molecule has 7 heteroatoms. The van der Waals surface area contributed by atoms with E-state index >= 15 is 0 Å². The second-order valence-corrected chi connectivity index (χ2v) is 9.87. The number of aromatic carboxylic acids is 1. The zero-order valence-corrected chi connectivity index (χ0v) is 19.4. The molecule has 0 aromatic heterocycles. The molecule has 2 rings (SSSR count). The molecule has 7 nitrogen and oxygen atoms in total. The molecular formula is C25H31NO6. The number of aliphatic carboxylic acids is 1. The highest BCUT2D eigenvalue weighted by molar-refractivity contribution is 6.02. The second-order valence-electron chi connectivity index (χ2n) is 9.87. The SMILES string of the molecule is CC(C)(C)c1cc(N(C(=O)CCC(=O)O)c2cccc(C(=O)O)c2)cc(C(C)(C)C)c1O. The van der Waals surface area contributed by atoms with E-state index in [1.54, 1.807) is 18.2 Å². The third kappa shape index (κ3) is 5.66. The Hall–Kier alpha value is -3.35. The van der Waals surface area contributed by atoms with Crippen LogP contribution in [-0.2, 0) is 20.4 Å². The van der Waals surface area contributed by atoms with E-state index < -0.39 is 28.7 Å². The Labute approximate surface area is 188 Å². The van der Waals surface area contributed by atoms with Gasteiger partial charge in [0.05, 0.1) is 12.0 Å². The van der Waals surface area contributed by atoms with Crippen LogP contribution < -0.4 is 4.90 Å². The topological polar surface area (TPSA) is 115 Å². The highest BCUT2D eigenvalue weighted by Gasteiger charge is 2.29. The summed E-state index contributed by atoms with van der Waals surface area (Å²) in [4.78, 5) is 37.1. The molecule has 2 aromatic carbocycles. The zero-order valence-electron chi connectivity index (χ0n) is 19.4. The molecule has 0 saturated carbocycles. The van der Waals surface area contributed by atoms with Crippen molar-refractivity contribution < 1.29 is 29.7 Å². The van der Waals surface area contributed by atoms with E-state index in [-0.39, 0.29) is 24.2 Å². The lowest BCUT2D eigenvalue weighted by atomic mass is 9.79. The maximum atomic E-state index is 13.2. The lowest BCUT2D eigenvalue weighted by Crippen LogP contribution is -2.28. The summed E-state index contributed by atoms with van der Waals surface area (Å²) in [5, 5.41) is 29.5. The van der Waals surface area contributed by atoms with Gasteiger partial charge in [-0.05, 0) is 41.2 Å². The molecule has 3 N–H and O–H groups in total. The molecule has 0 radical (unpaired) electrons. The molecule has 0 atom stereocenters. The number of hydrogen-bond acceptors (Lipinski definition) is 4. The second kappa shape index (κ2) is 9.02. The fourth-order valence-corrected chi connectivity index (χ4v) is 3.43. The Morgan fingerprint density at radius 3 is 1.78 bits per heavy atom. The summed E-state index contributed by atoms with van der Waals surface area (Å²) >= 11 is 0. The third-order valence-corrected chi connectivity index (χ3v) is 5.12. The summed E-state index contributed by atoms with van der Waals surface area (Å²) in [5.41, 5.74) is 1.12. The first-order valence-electron chi connectivity index (χ1n) is 10.4. The summed E-state index contributed by atoms with van der Waals surface area (Å²) in [5.74, 6) is -2.58. The molecule has 0 heterocycles. The number of amides is 1. The van der Waals surface area contributed by atoms with Crippen LogP contribution in [0.3, 0.4) is 0 Å². The van der Waals surface area contributed by atoms with Crippen molar-refractivity contribution in [1.29, 1.82) is 0 Å². The van der Waals surface area contributed by atoms with Crippen molar-refractivity contribution in [2.75, 3.05) is 4.90 Å². The minimum Gasteiger partial charge on any atom is -0.507 e. The molecule has 0 unspecified atom stereocenters. The van der Waals surface area contributed by atoms with Gasteiger partial charge in [-0.3, -0.25) is 14.5 Å². The van der Waals surface area contributed by atoms with Crippen molar-refractivity contribution in [2.45, 2.75) is 65.2 Å². The molecule has 0 spiro atoms. The number of carboxylic acid groups (broad SMARTS) is 2. The van der Waals surface area contributed by atoms with E-state index in [4.69, 9.17) is 5.11 Å². The first kappa shape index (κ1) is 24.9. The van der Waals surface area contributed by atoms with Gasteiger partial charge in [0.1, 0.15) is 5.75 Å². The lowest BCUT2D eigenvalue weighted by Gasteiger charge is -2.31. The number of nitrogens with zero attached hydrogens (tertiary/aromatic N) is 1. The number of carbonyl (C=O) groups is 3. The quantitative estimate of drug-likeness (QED) is 0.566. The van der Waals surface area contributed by atoms with E-state index in [1.807, 2.05) is 41.5 Å². The normalized spacial score (nSPS) is 11.8. The number of phenolic OH excluding ortho intramolecular Hbond substituents is 1. The highest BCUT2D eigenvalue weighted by atomic mass is 16.4. The van der Waals surface area contributed by atoms with Crippen molar-refractivity contribution in [3.63, 3.8) is 0 Å². The van der Waals surface area contributed by atoms with E-state index in [0.29, 0.717) is 22.5 Å². The number of carboxylic acids is 2. The van der Waals surface area contributed by atoms with Crippen molar-refractivity contribution in [2.24, 2.45) is 0 Å². The summed E-state index contributed by atoms with van der Waals surface area (Å²) in [6.07, 6.45) is -0.618. The molecule has 2 aromatic rings. The monoisotopic (exact) mass is 441 g/mol. The minimum absolute atomic E-state index is 0.00408. The molecule has 1 amide bonds. The van der Waals surface area contributed by atoms with Crippen LogP contribution in [0.2, 0.25) is 0 Å². The molecule has 0 fully saturated rings. The van der Waals surface area contributed by atoms with Gasteiger partial charge in [-0.2, -0.15) is 0 Å². The van der Waals surface area contributed by atoms with Gasteiger partial charge in [-0.15, -0.1) is 0 Å². The Balaban J connectivity index is 2.81. The van der Waals surface area contributed by atoms with Crippen LogP contribution >= 0.6 is 0 Å². The largest absolute Gasteiger partial charge is 0.507 e. The summed E-state index contributed by atoms with van der Waals surface area (Å²) in [7, 11) is 0. The smallest absolute Gasteiger partial charge is 0.335 e. The molecule has 0 saturated heterocycles. The fraction of sp³-hybridized carbons (Fsp3) is 0.400. The van der Waals surface area contributed by atoms with E-state index in [9.17, 15) is 24.6 Å². The number of aromatic hydroxyl groups is 1. The first-order chi connectivity index (χ1) is 14.6. The van der Waals surface area contributed by atoms with Crippen molar-refractivity contribution in [1.82, 2.24) is 0 Å². The summed E-state index contributed by atoms with van der Waals surface area (Å²) in [6, 6.07) is 9.34. The van der Waals surface area contributed by atoms with Gasteiger partial charge in [-0.1, -0.05) is 47.6 Å².